The van der Waals surface area contributed by atoms with Crippen LogP contribution in [0.1, 0.15) is 45.5 Å². The zero-order valence-electron chi connectivity index (χ0n) is 11.9. The summed E-state index contributed by atoms with van der Waals surface area (Å²) in [6, 6.07) is 6.53. The van der Waals surface area contributed by atoms with Crippen LogP contribution in [0, 0.1) is 0 Å². The molecule has 0 bridgehead atoms. The van der Waals surface area contributed by atoms with Crippen molar-refractivity contribution in [3.8, 4) is 0 Å². The lowest BCUT2D eigenvalue weighted by atomic mass is 10.1. The van der Waals surface area contributed by atoms with Crippen molar-refractivity contribution in [2.24, 2.45) is 5.73 Å². The molecule has 2 rings (SSSR count). The Kier molecular flexibility index (Phi) is 4.48. The van der Waals surface area contributed by atoms with E-state index in [2.05, 4.69) is 18.4 Å². The van der Waals surface area contributed by atoms with E-state index < -0.39 is 0 Å². The van der Waals surface area contributed by atoms with Crippen molar-refractivity contribution in [2.75, 3.05) is 0 Å². The van der Waals surface area contributed by atoms with Gasteiger partial charge in [-0.25, -0.2) is 4.98 Å². The molecule has 19 heavy (non-hydrogen) atoms. The molecule has 3 nitrogen and oxygen atoms in total. The van der Waals surface area contributed by atoms with E-state index in [0.717, 1.165) is 41.1 Å². The molecule has 0 aliphatic rings. The fourth-order valence-corrected chi connectivity index (χ4v) is 2.62. The lowest BCUT2D eigenvalue weighted by molar-refractivity contribution is 0.555. The molecule has 1 aromatic heterocycles. The van der Waals surface area contributed by atoms with Crippen LogP contribution in [0.15, 0.2) is 18.2 Å². The van der Waals surface area contributed by atoms with Crippen molar-refractivity contribution in [2.45, 2.75) is 52.1 Å². The van der Waals surface area contributed by atoms with E-state index in [1.807, 2.05) is 25.1 Å². The van der Waals surface area contributed by atoms with Crippen LogP contribution in [0.3, 0.4) is 0 Å². The Bertz CT molecular complexity index is 558. The third-order valence-corrected chi connectivity index (χ3v) is 3.54. The van der Waals surface area contributed by atoms with Gasteiger partial charge in [0, 0.05) is 23.5 Å². The molecule has 1 heterocycles. The summed E-state index contributed by atoms with van der Waals surface area (Å²) in [4.78, 5) is 4.74. The van der Waals surface area contributed by atoms with Gasteiger partial charge in [0.2, 0.25) is 0 Å². The van der Waals surface area contributed by atoms with Crippen molar-refractivity contribution in [1.29, 1.82) is 0 Å². The first-order valence-electron chi connectivity index (χ1n) is 6.91. The summed E-state index contributed by atoms with van der Waals surface area (Å²) in [5, 5.41) is 0.761. The van der Waals surface area contributed by atoms with Gasteiger partial charge in [-0.15, -0.1) is 0 Å². The fraction of sp³-hybridized carbons (Fsp3) is 0.533. The van der Waals surface area contributed by atoms with Crippen LogP contribution in [0.25, 0.3) is 11.0 Å². The summed E-state index contributed by atoms with van der Waals surface area (Å²) >= 11 is 6.09. The van der Waals surface area contributed by atoms with Gasteiger partial charge in [-0.05, 0) is 51.8 Å². The SMILES string of the molecule is CC(N)CCCc1nc2ccc(Cl)cc2n1C(C)C. The van der Waals surface area contributed by atoms with Crippen molar-refractivity contribution >= 4 is 22.6 Å². The second-order valence-corrected chi connectivity index (χ2v) is 5.93. The molecule has 0 fully saturated rings. The minimum atomic E-state index is 0.256. The smallest absolute Gasteiger partial charge is 0.110 e. The Labute approximate surface area is 119 Å². The van der Waals surface area contributed by atoms with Gasteiger partial charge >= 0.3 is 0 Å². The lowest BCUT2D eigenvalue weighted by Crippen LogP contribution is -2.15. The maximum atomic E-state index is 6.09. The van der Waals surface area contributed by atoms with Gasteiger partial charge in [0.1, 0.15) is 5.82 Å². The van der Waals surface area contributed by atoms with Crippen LogP contribution in [-0.4, -0.2) is 15.6 Å². The third-order valence-electron chi connectivity index (χ3n) is 3.30. The molecule has 0 saturated heterocycles. The number of hydrogen-bond acceptors (Lipinski definition) is 2. The first-order chi connectivity index (χ1) is 8.99. The minimum Gasteiger partial charge on any atom is -0.328 e. The van der Waals surface area contributed by atoms with Gasteiger partial charge in [0.25, 0.3) is 0 Å². The Morgan fingerprint density at radius 2 is 2.05 bits per heavy atom. The molecule has 0 radical (unpaired) electrons. The van der Waals surface area contributed by atoms with Crippen molar-refractivity contribution < 1.29 is 0 Å². The summed E-state index contributed by atoms with van der Waals surface area (Å²) in [6.07, 6.45) is 3.06. The van der Waals surface area contributed by atoms with Crippen molar-refractivity contribution in [3.63, 3.8) is 0 Å². The Morgan fingerprint density at radius 3 is 2.68 bits per heavy atom. The first-order valence-corrected chi connectivity index (χ1v) is 7.28. The highest BCUT2D eigenvalue weighted by Gasteiger charge is 2.13. The Balaban J connectivity index is 2.34. The van der Waals surface area contributed by atoms with E-state index in [0.29, 0.717) is 6.04 Å². The monoisotopic (exact) mass is 279 g/mol. The Morgan fingerprint density at radius 1 is 1.32 bits per heavy atom. The van der Waals surface area contributed by atoms with Gasteiger partial charge in [0.15, 0.2) is 0 Å². The topological polar surface area (TPSA) is 43.8 Å². The third kappa shape index (κ3) is 3.28. The molecule has 1 aromatic carbocycles. The number of fused-ring (bicyclic) bond motifs is 1. The molecule has 0 spiro atoms. The number of hydrogen-bond donors (Lipinski definition) is 1. The number of imidazole rings is 1. The van der Waals surface area contributed by atoms with Crippen LogP contribution in [0.2, 0.25) is 5.02 Å². The quantitative estimate of drug-likeness (QED) is 0.901. The summed E-state index contributed by atoms with van der Waals surface area (Å²) in [7, 11) is 0. The number of rotatable bonds is 5. The van der Waals surface area contributed by atoms with Crippen LogP contribution < -0.4 is 5.73 Å². The number of halogens is 1. The summed E-state index contributed by atoms with van der Waals surface area (Å²) in [5.74, 6) is 1.13. The van der Waals surface area contributed by atoms with Crippen LogP contribution >= 0.6 is 11.6 Å². The predicted octanol–water partition coefficient (Wildman–Crippen LogP) is 3.94. The van der Waals surface area contributed by atoms with Gasteiger partial charge < -0.3 is 10.3 Å². The van der Waals surface area contributed by atoms with E-state index in [-0.39, 0.29) is 6.04 Å². The standard InChI is InChI=1S/C15H22ClN3/c1-10(2)19-14-9-12(16)7-8-13(14)18-15(19)6-4-5-11(3)17/h7-11H,4-6,17H2,1-3H3. The summed E-state index contributed by atoms with van der Waals surface area (Å²) < 4.78 is 2.28. The van der Waals surface area contributed by atoms with Crippen molar-refractivity contribution in [1.82, 2.24) is 9.55 Å². The highest BCUT2D eigenvalue weighted by Crippen LogP contribution is 2.25. The molecule has 2 N–H and O–H groups in total. The van der Waals surface area contributed by atoms with Gasteiger partial charge in [0.05, 0.1) is 11.0 Å². The molecular weight excluding hydrogens is 258 g/mol. The molecule has 4 heteroatoms. The molecule has 0 saturated carbocycles. The fourth-order valence-electron chi connectivity index (χ4n) is 2.45. The molecule has 1 unspecified atom stereocenters. The maximum absolute atomic E-state index is 6.09. The second kappa shape index (κ2) is 5.93. The molecule has 104 valence electrons. The molecule has 0 amide bonds. The first kappa shape index (κ1) is 14.4. The summed E-state index contributed by atoms with van der Waals surface area (Å²) in [6.45, 7) is 6.40. The van der Waals surface area contributed by atoms with E-state index in [1.165, 1.54) is 0 Å². The average Bonchev–Trinajstić information content (AvgIpc) is 2.65. The average molecular weight is 280 g/mol. The number of aryl methyl sites for hydroxylation is 1. The second-order valence-electron chi connectivity index (χ2n) is 5.49. The number of aromatic nitrogens is 2. The van der Waals surface area contributed by atoms with Crippen molar-refractivity contribution in [3.05, 3.63) is 29.0 Å². The van der Waals surface area contributed by atoms with Gasteiger partial charge in [-0.1, -0.05) is 11.6 Å². The van der Waals surface area contributed by atoms with E-state index in [4.69, 9.17) is 22.3 Å². The molecule has 2 aromatic rings. The van der Waals surface area contributed by atoms with Gasteiger partial charge in [-0.2, -0.15) is 0 Å². The largest absolute Gasteiger partial charge is 0.328 e. The normalized spacial score (nSPS) is 13.4. The van der Waals surface area contributed by atoms with E-state index >= 15 is 0 Å². The van der Waals surface area contributed by atoms with E-state index in [9.17, 15) is 0 Å². The minimum absolute atomic E-state index is 0.256. The predicted molar refractivity (Wildman–Crippen MR) is 81.7 cm³/mol. The number of nitrogens with two attached hydrogens (primary N) is 1. The molecular formula is C15H22ClN3. The lowest BCUT2D eigenvalue weighted by Gasteiger charge is -2.13. The molecule has 0 aliphatic heterocycles. The Hall–Kier alpha value is -1.06. The van der Waals surface area contributed by atoms with E-state index in [1.54, 1.807) is 0 Å². The summed E-state index contributed by atoms with van der Waals surface area (Å²) in [5.41, 5.74) is 7.95. The highest BCUT2D eigenvalue weighted by molar-refractivity contribution is 6.31. The highest BCUT2D eigenvalue weighted by atomic mass is 35.5. The van der Waals surface area contributed by atoms with Crippen LogP contribution in [0.4, 0.5) is 0 Å². The maximum Gasteiger partial charge on any atom is 0.110 e. The number of benzene rings is 1. The molecule has 1 atom stereocenters. The van der Waals surface area contributed by atoms with Crippen LogP contribution in [-0.2, 0) is 6.42 Å². The molecule has 0 aliphatic carbocycles. The van der Waals surface area contributed by atoms with Gasteiger partial charge in [-0.3, -0.25) is 0 Å². The van der Waals surface area contributed by atoms with Crippen LogP contribution in [0.5, 0.6) is 0 Å². The number of nitrogens with zero attached hydrogens (tertiary/aromatic N) is 2. The zero-order valence-corrected chi connectivity index (χ0v) is 12.6. The zero-order chi connectivity index (χ0) is 14.0.